The van der Waals surface area contributed by atoms with E-state index < -0.39 is 10.0 Å². The Labute approximate surface area is 123 Å². The number of amides is 1. The second-order valence-electron chi connectivity index (χ2n) is 4.96. The average molecular weight is 317 g/mol. The molecule has 1 unspecified atom stereocenters. The number of nitrogens with two attached hydrogens (primary N) is 1. The van der Waals surface area contributed by atoms with Gasteiger partial charge in [-0.1, -0.05) is 0 Å². The van der Waals surface area contributed by atoms with Crippen LogP contribution >= 0.6 is 11.3 Å². The molecule has 1 aromatic rings. The smallest absolute Gasteiger partial charge is 0.264 e. The first-order valence-electron chi connectivity index (χ1n) is 6.42. The highest BCUT2D eigenvalue weighted by Crippen LogP contribution is 2.26. The fourth-order valence-corrected chi connectivity index (χ4v) is 4.52. The van der Waals surface area contributed by atoms with Crippen molar-refractivity contribution < 1.29 is 13.2 Å². The van der Waals surface area contributed by atoms with Crippen molar-refractivity contribution in [1.29, 1.82) is 0 Å². The number of carbonyl (C=O) groups is 1. The van der Waals surface area contributed by atoms with E-state index in [1.807, 2.05) is 7.05 Å². The number of hydrogen-bond acceptors (Lipinski definition) is 5. The normalized spacial score (nSPS) is 20.1. The van der Waals surface area contributed by atoms with Gasteiger partial charge in [-0.2, -0.15) is 0 Å². The van der Waals surface area contributed by atoms with Gasteiger partial charge in [0.15, 0.2) is 0 Å². The number of nitrogens with one attached hydrogen (secondary N) is 1. The van der Waals surface area contributed by atoms with E-state index in [4.69, 9.17) is 5.14 Å². The van der Waals surface area contributed by atoms with Gasteiger partial charge in [0.25, 0.3) is 5.91 Å². The Hall–Kier alpha value is -0.960. The standard InChI is InChI=1S/C12H19N3O3S2/c1-8-11(20(13,17)18)6-10(19-8)12(16)15-5-3-4-9(7-15)14-2/h6,9,14H,3-5,7H2,1-2H3,(H2,13,17,18). The molecule has 1 saturated heterocycles. The molecule has 1 amide bonds. The Morgan fingerprint density at radius 3 is 2.80 bits per heavy atom. The van der Waals surface area contributed by atoms with E-state index in [0.717, 1.165) is 12.8 Å². The lowest BCUT2D eigenvalue weighted by molar-refractivity contribution is 0.0703. The molecule has 2 heterocycles. The Morgan fingerprint density at radius 1 is 1.55 bits per heavy atom. The average Bonchev–Trinajstić information content (AvgIpc) is 2.80. The third kappa shape index (κ3) is 3.20. The highest BCUT2D eigenvalue weighted by atomic mass is 32.2. The summed E-state index contributed by atoms with van der Waals surface area (Å²) < 4.78 is 22.8. The number of hydrogen-bond donors (Lipinski definition) is 2. The highest BCUT2D eigenvalue weighted by Gasteiger charge is 2.26. The minimum Gasteiger partial charge on any atom is -0.336 e. The molecule has 2 rings (SSSR count). The monoisotopic (exact) mass is 317 g/mol. The van der Waals surface area contributed by atoms with Crippen LogP contribution in [0.1, 0.15) is 27.4 Å². The number of primary sulfonamides is 1. The van der Waals surface area contributed by atoms with Crippen molar-refractivity contribution in [2.24, 2.45) is 5.14 Å². The predicted octanol–water partition coefficient (Wildman–Crippen LogP) is 0.528. The molecule has 1 fully saturated rings. The molecule has 0 radical (unpaired) electrons. The van der Waals surface area contributed by atoms with Crippen LogP contribution < -0.4 is 10.5 Å². The van der Waals surface area contributed by atoms with Crippen molar-refractivity contribution in [3.63, 3.8) is 0 Å². The minimum atomic E-state index is -3.77. The van der Waals surface area contributed by atoms with E-state index in [-0.39, 0.29) is 10.8 Å². The second kappa shape index (κ2) is 5.80. The fourth-order valence-electron chi connectivity index (χ4n) is 2.41. The van der Waals surface area contributed by atoms with Crippen LogP contribution in [-0.2, 0) is 10.0 Å². The van der Waals surface area contributed by atoms with Gasteiger partial charge in [-0.25, -0.2) is 13.6 Å². The van der Waals surface area contributed by atoms with E-state index in [9.17, 15) is 13.2 Å². The van der Waals surface area contributed by atoms with Crippen LogP contribution in [0.3, 0.4) is 0 Å². The molecule has 1 aromatic heterocycles. The van der Waals surface area contributed by atoms with Gasteiger partial charge in [-0.15, -0.1) is 11.3 Å². The summed E-state index contributed by atoms with van der Waals surface area (Å²) in [5.74, 6) is -0.118. The van der Waals surface area contributed by atoms with Crippen LogP contribution in [-0.4, -0.2) is 45.4 Å². The van der Waals surface area contributed by atoms with E-state index in [1.165, 1.54) is 17.4 Å². The van der Waals surface area contributed by atoms with Gasteiger partial charge < -0.3 is 10.2 Å². The molecular formula is C12H19N3O3S2. The fraction of sp³-hybridized carbons (Fsp3) is 0.583. The summed E-state index contributed by atoms with van der Waals surface area (Å²) in [5, 5.41) is 8.31. The molecule has 0 bridgehead atoms. The highest BCUT2D eigenvalue weighted by molar-refractivity contribution is 7.89. The second-order valence-corrected chi connectivity index (χ2v) is 7.74. The third-order valence-corrected chi connectivity index (χ3v) is 5.71. The zero-order chi connectivity index (χ0) is 14.9. The van der Waals surface area contributed by atoms with Crippen molar-refractivity contribution >= 4 is 27.3 Å². The molecule has 0 saturated carbocycles. The zero-order valence-electron chi connectivity index (χ0n) is 11.5. The molecule has 1 aliphatic rings. The van der Waals surface area contributed by atoms with Crippen LogP contribution in [0, 0.1) is 6.92 Å². The van der Waals surface area contributed by atoms with Crippen LogP contribution in [0.2, 0.25) is 0 Å². The molecule has 1 atom stereocenters. The molecule has 0 aliphatic carbocycles. The number of sulfonamides is 1. The molecule has 0 spiro atoms. The first-order chi connectivity index (χ1) is 9.32. The minimum absolute atomic E-state index is 0.0491. The molecule has 0 aromatic carbocycles. The summed E-state index contributed by atoms with van der Waals surface area (Å²) in [6.07, 6.45) is 2.00. The quantitative estimate of drug-likeness (QED) is 0.850. The van der Waals surface area contributed by atoms with E-state index >= 15 is 0 Å². The zero-order valence-corrected chi connectivity index (χ0v) is 13.2. The number of aryl methyl sites for hydroxylation is 1. The van der Waals surface area contributed by atoms with Gasteiger partial charge in [0.1, 0.15) is 0 Å². The number of likely N-dealkylation sites (N-methyl/N-ethyl adjacent to an activating group) is 1. The van der Waals surface area contributed by atoms with Crippen molar-refractivity contribution in [3.8, 4) is 0 Å². The van der Waals surface area contributed by atoms with E-state index in [0.29, 0.717) is 28.9 Å². The van der Waals surface area contributed by atoms with Gasteiger partial charge in [-0.3, -0.25) is 4.79 Å². The van der Waals surface area contributed by atoms with Gasteiger partial charge in [0.2, 0.25) is 10.0 Å². The number of piperidine rings is 1. The number of likely N-dealkylation sites (tertiary alicyclic amines) is 1. The Balaban J connectivity index is 2.22. The first kappa shape index (κ1) is 15.4. The Morgan fingerprint density at radius 2 is 2.25 bits per heavy atom. The number of rotatable bonds is 3. The number of nitrogens with zero attached hydrogens (tertiary/aromatic N) is 1. The summed E-state index contributed by atoms with van der Waals surface area (Å²) in [7, 11) is -1.88. The lowest BCUT2D eigenvalue weighted by Gasteiger charge is -2.32. The summed E-state index contributed by atoms with van der Waals surface area (Å²) in [6.45, 7) is 3.02. The van der Waals surface area contributed by atoms with Crippen LogP contribution in [0.5, 0.6) is 0 Å². The Bertz CT molecular complexity index is 609. The number of thiophene rings is 1. The van der Waals surface area contributed by atoms with E-state index in [2.05, 4.69) is 5.32 Å². The largest absolute Gasteiger partial charge is 0.336 e. The van der Waals surface area contributed by atoms with Crippen LogP contribution in [0.25, 0.3) is 0 Å². The van der Waals surface area contributed by atoms with E-state index in [1.54, 1.807) is 11.8 Å². The summed E-state index contributed by atoms with van der Waals surface area (Å²) >= 11 is 1.18. The van der Waals surface area contributed by atoms with Gasteiger partial charge in [0, 0.05) is 24.0 Å². The lowest BCUT2D eigenvalue weighted by Crippen LogP contribution is -2.46. The van der Waals surface area contributed by atoms with Gasteiger partial charge in [0.05, 0.1) is 9.77 Å². The molecule has 20 heavy (non-hydrogen) atoms. The van der Waals surface area contributed by atoms with Crippen molar-refractivity contribution in [1.82, 2.24) is 10.2 Å². The van der Waals surface area contributed by atoms with Gasteiger partial charge >= 0.3 is 0 Å². The van der Waals surface area contributed by atoms with Gasteiger partial charge in [-0.05, 0) is 32.9 Å². The molecule has 112 valence electrons. The third-order valence-electron chi connectivity index (χ3n) is 3.51. The molecular weight excluding hydrogens is 298 g/mol. The molecule has 8 heteroatoms. The van der Waals surface area contributed by atoms with Crippen LogP contribution in [0.15, 0.2) is 11.0 Å². The summed E-state index contributed by atoms with van der Waals surface area (Å²) in [4.78, 5) is 15.2. The topological polar surface area (TPSA) is 92.5 Å². The first-order valence-corrected chi connectivity index (χ1v) is 8.79. The van der Waals surface area contributed by atoms with Crippen molar-refractivity contribution in [3.05, 3.63) is 15.8 Å². The maximum Gasteiger partial charge on any atom is 0.264 e. The predicted molar refractivity (Wildman–Crippen MR) is 78.4 cm³/mol. The molecule has 3 N–H and O–H groups in total. The number of carbonyl (C=O) groups excluding carboxylic acids is 1. The maximum absolute atomic E-state index is 12.4. The SMILES string of the molecule is CNC1CCCN(C(=O)c2cc(S(N)(=O)=O)c(C)s2)C1. The Kier molecular flexibility index (Phi) is 4.48. The van der Waals surface area contributed by atoms with Crippen molar-refractivity contribution in [2.75, 3.05) is 20.1 Å². The lowest BCUT2D eigenvalue weighted by atomic mass is 10.1. The summed E-state index contributed by atoms with van der Waals surface area (Å²) in [6, 6.07) is 1.69. The maximum atomic E-state index is 12.4. The molecule has 1 aliphatic heterocycles. The van der Waals surface area contributed by atoms with Crippen LogP contribution in [0.4, 0.5) is 0 Å². The molecule has 6 nitrogen and oxygen atoms in total. The van der Waals surface area contributed by atoms with Crippen molar-refractivity contribution in [2.45, 2.75) is 30.7 Å². The summed E-state index contributed by atoms with van der Waals surface area (Å²) in [5.41, 5.74) is 0.